The summed E-state index contributed by atoms with van der Waals surface area (Å²) >= 11 is 16.5. The highest BCUT2D eigenvalue weighted by Crippen LogP contribution is 2.16. The van der Waals surface area contributed by atoms with Gasteiger partial charge >= 0.3 is 7.32 Å². The average molecular weight is 346 g/mol. The van der Waals surface area contributed by atoms with Crippen LogP contribution < -0.4 is 0 Å². The molecule has 0 aliphatic rings. The Morgan fingerprint density at radius 1 is 0.550 bits per heavy atom. The van der Waals surface area contributed by atoms with Crippen LogP contribution in [0.3, 0.4) is 0 Å². The van der Waals surface area contributed by atoms with Gasteiger partial charge in [0.15, 0.2) is 0 Å². The zero-order valence-corrected chi connectivity index (χ0v) is 13.9. The minimum Gasteiger partial charge on any atom is -0.402 e. The zero-order valence-electron chi connectivity index (χ0n) is 10.3. The Labute approximate surface area is 140 Å². The van der Waals surface area contributed by atoms with E-state index in [1.165, 1.54) is 0 Å². The summed E-state index contributed by atoms with van der Waals surface area (Å²) in [5.41, 5.74) is 0. The summed E-state index contributed by atoms with van der Waals surface area (Å²) < 4.78 is 0. The lowest BCUT2D eigenvalue weighted by Gasteiger charge is -1.91. The molecule has 0 spiro atoms. The molecule has 0 aliphatic carbocycles. The maximum absolute atomic E-state index is 7.17. The molecule has 0 aromatic heterocycles. The van der Waals surface area contributed by atoms with Crippen LogP contribution in [0.1, 0.15) is 0 Å². The Hall–Kier alpha value is -0.215. The first-order valence-corrected chi connectivity index (χ1v) is 7.11. The minimum atomic E-state index is -2.17. The monoisotopic (exact) mass is 346 g/mol. The highest BCUT2D eigenvalue weighted by molar-refractivity contribution is 7.83. The van der Waals surface area contributed by atoms with Crippen LogP contribution in [-0.4, -0.2) is 22.4 Å². The molecular formula is C12H15BO3S4. The zero-order chi connectivity index (χ0) is 15.5. The lowest BCUT2D eigenvalue weighted by Crippen LogP contribution is -2.07. The number of hydrogen-bond acceptors (Lipinski definition) is 7. The Kier molecular flexibility index (Phi) is 11.3. The van der Waals surface area contributed by atoms with Crippen molar-refractivity contribution in [2.75, 3.05) is 0 Å². The van der Waals surface area contributed by atoms with Gasteiger partial charge < -0.3 is 15.1 Å². The molecule has 0 unspecified atom stereocenters. The first kappa shape index (κ1) is 19.8. The van der Waals surface area contributed by atoms with Crippen LogP contribution >= 0.6 is 50.5 Å². The van der Waals surface area contributed by atoms with Crippen molar-refractivity contribution in [1.82, 2.24) is 0 Å². The molecule has 0 heterocycles. The molecule has 0 radical (unpaired) electrons. The summed E-state index contributed by atoms with van der Waals surface area (Å²) in [6, 6.07) is 15.4. The van der Waals surface area contributed by atoms with Gasteiger partial charge in [0.05, 0.1) is 0 Å². The van der Waals surface area contributed by atoms with Crippen molar-refractivity contribution < 1.29 is 15.1 Å². The van der Waals surface area contributed by atoms with Crippen LogP contribution in [0.5, 0.6) is 0 Å². The van der Waals surface area contributed by atoms with E-state index in [-0.39, 0.29) is 0 Å². The molecule has 2 aromatic rings. The highest BCUT2D eigenvalue weighted by Gasteiger charge is 1.92. The minimum absolute atomic E-state index is 0.927. The molecule has 0 bridgehead atoms. The van der Waals surface area contributed by atoms with E-state index >= 15 is 0 Å². The first-order chi connectivity index (χ1) is 9.34. The molecule has 0 atom stereocenters. The topological polar surface area (TPSA) is 60.7 Å². The Balaban J connectivity index is 0.000000289. The van der Waals surface area contributed by atoms with Crippen molar-refractivity contribution in [3.63, 3.8) is 0 Å². The standard InChI is InChI=1S/2C6H6S2.BH3O3/c2*7-5-3-1-2-4-6(5)8;2-1(3)4/h2*1-4,7-8H;2-4H. The van der Waals surface area contributed by atoms with Crippen LogP contribution in [0.4, 0.5) is 0 Å². The van der Waals surface area contributed by atoms with Crippen molar-refractivity contribution in [2.45, 2.75) is 19.6 Å². The van der Waals surface area contributed by atoms with Crippen molar-refractivity contribution in [3.05, 3.63) is 48.5 Å². The van der Waals surface area contributed by atoms with Crippen molar-refractivity contribution >= 4 is 57.8 Å². The molecule has 2 aromatic carbocycles. The molecule has 0 saturated carbocycles. The second-order valence-electron chi connectivity index (χ2n) is 3.32. The number of benzene rings is 2. The first-order valence-electron chi connectivity index (χ1n) is 5.32. The third-order valence-electron chi connectivity index (χ3n) is 1.76. The van der Waals surface area contributed by atoms with E-state index in [2.05, 4.69) is 50.5 Å². The highest BCUT2D eigenvalue weighted by atomic mass is 32.1. The van der Waals surface area contributed by atoms with Gasteiger partial charge in [0, 0.05) is 19.6 Å². The van der Waals surface area contributed by atoms with Crippen molar-refractivity contribution in [3.8, 4) is 0 Å². The third-order valence-corrected chi connectivity index (χ3v) is 3.68. The largest absolute Gasteiger partial charge is 0.631 e. The summed E-state index contributed by atoms with van der Waals surface area (Å²) in [6.07, 6.45) is 0. The molecule has 0 aliphatic heterocycles. The van der Waals surface area contributed by atoms with Crippen LogP contribution in [0.25, 0.3) is 0 Å². The fourth-order valence-corrected chi connectivity index (χ4v) is 1.57. The maximum Gasteiger partial charge on any atom is 0.631 e. The smallest absolute Gasteiger partial charge is 0.402 e. The van der Waals surface area contributed by atoms with Gasteiger partial charge in [0.2, 0.25) is 0 Å². The SMILES string of the molecule is OB(O)O.Sc1ccccc1S.Sc1ccccc1S. The maximum atomic E-state index is 7.17. The fourth-order valence-electron chi connectivity index (χ4n) is 0.928. The van der Waals surface area contributed by atoms with Gasteiger partial charge in [-0.1, -0.05) is 24.3 Å². The molecule has 3 N–H and O–H groups in total. The number of hydrogen-bond donors (Lipinski definition) is 7. The average Bonchev–Trinajstić information content (AvgIpc) is 2.37. The fraction of sp³-hybridized carbons (Fsp3) is 0. The molecule has 20 heavy (non-hydrogen) atoms. The summed E-state index contributed by atoms with van der Waals surface area (Å²) in [7, 11) is -2.17. The van der Waals surface area contributed by atoms with Gasteiger partial charge in [-0.15, -0.1) is 50.5 Å². The molecule has 108 valence electrons. The van der Waals surface area contributed by atoms with Crippen LogP contribution in [-0.2, 0) is 0 Å². The Bertz CT molecular complexity index is 423. The molecule has 3 nitrogen and oxygen atoms in total. The summed E-state index contributed by atoms with van der Waals surface area (Å²) in [5, 5.41) is 21.5. The Morgan fingerprint density at radius 2 is 0.700 bits per heavy atom. The predicted molar refractivity (Wildman–Crippen MR) is 94.3 cm³/mol. The Morgan fingerprint density at radius 3 is 0.800 bits per heavy atom. The molecule has 0 amide bonds. The van der Waals surface area contributed by atoms with E-state index in [0.29, 0.717) is 0 Å². The third kappa shape index (κ3) is 10.6. The van der Waals surface area contributed by atoms with Crippen LogP contribution in [0.2, 0.25) is 0 Å². The summed E-state index contributed by atoms with van der Waals surface area (Å²) in [5.74, 6) is 0. The van der Waals surface area contributed by atoms with E-state index < -0.39 is 7.32 Å². The van der Waals surface area contributed by atoms with E-state index in [4.69, 9.17) is 15.1 Å². The number of thiol groups is 4. The van der Waals surface area contributed by atoms with E-state index in [1.807, 2.05) is 48.5 Å². The lowest BCUT2D eigenvalue weighted by molar-refractivity contribution is 0.278. The predicted octanol–water partition coefficient (Wildman–Crippen LogP) is 2.48. The van der Waals surface area contributed by atoms with Crippen LogP contribution in [0.15, 0.2) is 68.1 Å². The van der Waals surface area contributed by atoms with Gasteiger partial charge in [-0.05, 0) is 24.3 Å². The van der Waals surface area contributed by atoms with E-state index in [0.717, 1.165) is 19.6 Å². The quantitative estimate of drug-likeness (QED) is 0.296. The molecule has 2 rings (SSSR count). The second kappa shape index (κ2) is 11.4. The molecular weight excluding hydrogens is 331 g/mol. The van der Waals surface area contributed by atoms with Crippen molar-refractivity contribution in [2.24, 2.45) is 0 Å². The van der Waals surface area contributed by atoms with Gasteiger partial charge in [-0.3, -0.25) is 0 Å². The van der Waals surface area contributed by atoms with Gasteiger partial charge in [0.25, 0.3) is 0 Å². The lowest BCUT2D eigenvalue weighted by atomic mass is 10.3. The van der Waals surface area contributed by atoms with Gasteiger partial charge in [-0.25, -0.2) is 0 Å². The van der Waals surface area contributed by atoms with E-state index in [1.54, 1.807) is 0 Å². The van der Waals surface area contributed by atoms with Gasteiger partial charge in [0.1, 0.15) is 0 Å². The van der Waals surface area contributed by atoms with Crippen LogP contribution in [0, 0.1) is 0 Å². The normalized spacial score (nSPS) is 8.75. The second-order valence-corrected chi connectivity index (χ2v) is 5.25. The van der Waals surface area contributed by atoms with Gasteiger partial charge in [-0.2, -0.15) is 0 Å². The number of rotatable bonds is 0. The van der Waals surface area contributed by atoms with E-state index in [9.17, 15) is 0 Å². The molecule has 8 heteroatoms. The van der Waals surface area contributed by atoms with Crippen molar-refractivity contribution in [1.29, 1.82) is 0 Å². The molecule has 0 saturated heterocycles. The summed E-state index contributed by atoms with van der Waals surface area (Å²) in [6.45, 7) is 0. The molecule has 0 fully saturated rings. The summed E-state index contributed by atoms with van der Waals surface area (Å²) in [4.78, 5) is 3.71.